The van der Waals surface area contributed by atoms with E-state index in [-0.39, 0.29) is 23.5 Å². The molecule has 0 aromatic rings. The van der Waals surface area contributed by atoms with Crippen molar-refractivity contribution >= 4 is 15.8 Å². The quantitative estimate of drug-likeness (QED) is 0.771. The van der Waals surface area contributed by atoms with Crippen LogP contribution in [-0.2, 0) is 14.6 Å². The predicted molar refractivity (Wildman–Crippen MR) is 61.1 cm³/mol. The summed E-state index contributed by atoms with van der Waals surface area (Å²) >= 11 is 0. The zero-order valence-electron chi connectivity index (χ0n) is 9.88. The van der Waals surface area contributed by atoms with Gasteiger partial charge in [0.25, 0.3) is 0 Å². The zero-order valence-corrected chi connectivity index (χ0v) is 10.7. The molecule has 1 aliphatic heterocycles. The Morgan fingerprint density at radius 1 is 1.44 bits per heavy atom. The molecule has 1 N–H and O–H groups in total. The lowest BCUT2D eigenvalue weighted by Gasteiger charge is -2.31. The van der Waals surface area contributed by atoms with Gasteiger partial charge in [0.1, 0.15) is 6.04 Å². The van der Waals surface area contributed by atoms with Crippen LogP contribution in [0.3, 0.4) is 0 Å². The van der Waals surface area contributed by atoms with Gasteiger partial charge in [-0.05, 0) is 19.4 Å². The highest BCUT2D eigenvalue weighted by Gasteiger charge is 2.37. The number of likely N-dealkylation sites (N-methyl/N-ethyl adjacent to an activating group) is 1. The SMILES string of the molecule is CC(C)C(C(=O)O)N(C)C1CCS(=O)(=O)C1. The number of carboxylic acid groups (broad SMARTS) is 1. The van der Waals surface area contributed by atoms with E-state index in [0.717, 1.165) is 0 Å². The van der Waals surface area contributed by atoms with Gasteiger partial charge >= 0.3 is 5.97 Å². The fourth-order valence-electron chi connectivity index (χ4n) is 2.25. The Kier molecular flexibility index (Phi) is 3.96. The standard InChI is InChI=1S/C10H19NO4S/c1-7(2)9(10(12)13)11(3)8-4-5-16(14,15)6-8/h7-9H,4-6H2,1-3H3,(H,12,13). The highest BCUT2D eigenvalue weighted by atomic mass is 32.2. The first-order valence-corrected chi connectivity index (χ1v) is 7.22. The van der Waals surface area contributed by atoms with Crippen LogP contribution >= 0.6 is 0 Å². The molecule has 0 aliphatic carbocycles. The first-order valence-electron chi connectivity index (χ1n) is 5.40. The van der Waals surface area contributed by atoms with Crippen LogP contribution < -0.4 is 0 Å². The summed E-state index contributed by atoms with van der Waals surface area (Å²) in [7, 11) is -1.26. The molecule has 1 heterocycles. The number of nitrogens with zero attached hydrogens (tertiary/aromatic N) is 1. The second kappa shape index (κ2) is 4.71. The van der Waals surface area contributed by atoms with Crippen molar-refractivity contribution in [2.75, 3.05) is 18.6 Å². The first kappa shape index (κ1) is 13.4. The van der Waals surface area contributed by atoms with Crippen LogP contribution in [0.5, 0.6) is 0 Å². The van der Waals surface area contributed by atoms with Gasteiger partial charge < -0.3 is 5.11 Å². The molecule has 0 radical (unpaired) electrons. The summed E-state index contributed by atoms with van der Waals surface area (Å²) in [4.78, 5) is 12.8. The summed E-state index contributed by atoms with van der Waals surface area (Å²) in [6.07, 6.45) is 0.537. The van der Waals surface area contributed by atoms with Crippen LogP contribution in [0.1, 0.15) is 20.3 Å². The van der Waals surface area contributed by atoms with Gasteiger partial charge in [0.15, 0.2) is 9.84 Å². The molecule has 1 saturated heterocycles. The third-order valence-electron chi connectivity index (χ3n) is 3.11. The van der Waals surface area contributed by atoms with Crippen LogP contribution in [0.15, 0.2) is 0 Å². The molecule has 0 saturated carbocycles. The summed E-state index contributed by atoms with van der Waals surface area (Å²) in [5.41, 5.74) is 0. The molecule has 2 unspecified atom stereocenters. The molecule has 0 bridgehead atoms. The number of aliphatic carboxylic acids is 1. The minimum atomic E-state index is -2.96. The van der Waals surface area contributed by atoms with Crippen molar-refractivity contribution in [1.29, 1.82) is 0 Å². The zero-order chi connectivity index (χ0) is 12.5. The van der Waals surface area contributed by atoms with E-state index in [1.165, 1.54) is 0 Å². The monoisotopic (exact) mass is 249 g/mol. The molecule has 1 rings (SSSR count). The molecular formula is C10H19NO4S. The molecule has 1 aliphatic rings. The fourth-order valence-corrected chi connectivity index (χ4v) is 4.04. The second-order valence-corrected chi connectivity index (χ2v) is 6.98. The number of carbonyl (C=O) groups is 1. The van der Waals surface area contributed by atoms with Crippen molar-refractivity contribution in [1.82, 2.24) is 4.90 Å². The van der Waals surface area contributed by atoms with E-state index in [1.807, 2.05) is 13.8 Å². The number of hydrogen-bond donors (Lipinski definition) is 1. The molecule has 0 spiro atoms. The Bertz CT molecular complexity index is 363. The molecule has 16 heavy (non-hydrogen) atoms. The molecule has 1 fully saturated rings. The second-order valence-electron chi connectivity index (χ2n) is 4.75. The van der Waals surface area contributed by atoms with E-state index >= 15 is 0 Å². The van der Waals surface area contributed by atoms with Gasteiger partial charge in [-0.2, -0.15) is 0 Å². The first-order chi connectivity index (χ1) is 7.24. The van der Waals surface area contributed by atoms with Gasteiger partial charge in [-0.3, -0.25) is 9.69 Å². The third-order valence-corrected chi connectivity index (χ3v) is 4.86. The molecule has 0 aromatic heterocycles. The lowest BCUT2D eigenvalue weighted by atomic mass is 10.0. The minimum absolute atomic E-state index is 0.0363. The van der Waals surface area contributed by atoms with Gasteiger partial charge in [0.05, 0.1) is 11.5 Å². The largest absolute Gasteiger partial charge is 0.480 e. The maximum atomic E-state index is 11.3. The lowest BCUT2D eigenvalue weighted by Crippen LogP contribution is -2.48. The molecule has 94 valence electrons. The summed E-state index contributed by atoms with van der Waals surface area (Å²) < 4.78 is 22.7. The topological polar surface area (TPSA) is 74.7 Å². The Labute approximate surface area is 96.4 Å². The Hall–Kier alpha value is -0.620. The average Bonchev–Trinajstić information content (AvgIpc) is 2.44. The van der Waals surface area contributed by atoms with Gasteiger partial charge in [0, 0.05) is 6.04 Å². The van der Waals surface area contributed by atoms with E-state index < -0.39 is 21.8 Å². The van der Waals surface area contributed by atoms with Crippen LogP contribution in [0.4, 0.5) is 0 Å². The maximum absolute atomic E-state index is 11.3. The van der Waals surface area contributed by atoms with Gasteiger partial charge in [0.2, 0.25) is 0 Å². The average molecular weight is 249 g/mol. The smallest absolute Gasteiger partial charge is 0.321 e. The van der Waals surface area contributed by atoms with E-state index in [2.05, 4.69) is 0 Å². The van der Waals surface area contributed by atoms with E-state index in [9.17, 15) is 13.2 Å². The highest BCUT2D eigenvalue weighted by molar-refractivity contribution is 7.91. The van der Waals surface area contributed by atoms with E-state index in [4.69, 9.17) is 5.11 Å². The Morgan fingerprint density at radius 2 is 2.00 bits per heavy atom. The van der Waals surface area contributed by atoms with Crippen molar-refractivity contribution < 1.29 is 18.3 Å². The summed E-state index contributed by atoms with van der Waals surface area (Å²) in [6, 6.07) is -0.771. The predicted octanol–water partition coefficient (Wildman–Crippen LogP) is 0.215. The molecule has 2 atom stereocenters. The molecule has 0 amide bonds. The van der Waals surface area contributed by atoms with Crippen LogP contribution in [-0.4, -0.2) is 55.0 Å². The van der Waals surface area contributed by atoms with Crippen LogP contribution in [0.25, 0.3) is 0 Å². The van der Waals surface area contributed by atoms with Crippen molar-refractivity contribution in [3.8, 4) is 0 Å². The van der Waals surface area contributed by atoms with Gasteiger partial charge in [-0.25, -0.2) is 8.42 Å². The molecule has 0 aromatic carbocycles. The Balaban J connectivity index is 2.77. The summed E-state index contributed by atoms with van der Waals surface area (Å²) in [6.45, 7) is 3.66. The van der Waals surface area contributed by atoms with Crippen molar-refractivity contribution in [3.63, 3.8) is 0 Å². The van der Waals surface area contributed by atoms with Gasteiger partial charge in [-0.15, -0.1) is 0 Å². The maximum Gasteiger partial charge on any atom is 0.321 e. The minimum Gasteiger partial charge on any atom is -0.480 e. The molecule has 6 heteroatoms. The van der Waals surface area contributed by atoms with E-state index in [0.29, 0.717) is 6.42 Å². The Morgan fingerprint density at radius 3 is 2.31 bits per heavy atom. The van der Waals surface area contributed by atoms with Crippen molar-refractivity contribution in [2.24, 2.45) is 5.92 Å². The lowest BCUT2D eigenvalue weighted by molar-refractivity contribution is -0.145. The fraction of sp³-hybridized carbons (Fsp3) is 0.900. The number of rotatable bonds is 4. The van der Waals surface area contributed by atoms with E-state index in [1.54, 1.807) is 11.9 Å². The normalized spacial score (nSPS) is 26.2. The number of hydrogen-bond acceptors (Lipinski definition) is 4. The number of sulfone groups is 1. The number of carboxylic acids is 1. The summed E-state index contributed by atoms with van der Waals surface area (Å²) in [5, 5.41) is 9.11. The van der Waals surface area contributed by atoms with Gasteiger partial charge in [-0.1, -0.05) is 13.8 Å². The molecule has 5 nitrogen and oxygen atoms in total. The van der Waals surface area contributed by atoms with Crippen LogP contribution in [0.2, 0.25) is 0 Å². The highest BCUT2D eigenvalue weighted by Crippen LogP contribution is 2.21. The third kappa shape index (κ3) is 2.95. The molecular weight excluding hydrogens is 230 g/mol. The summed E-state index contributed by atoms with van der Waals surface area (Å²) in [5.74, 6) is -0.667. The van der Waals surface area contributed by atoms with Crippen molar-refractivity contribution in [3.05, 3.63) is 0 Å². The van der Waals surface area contributed by atoms with Crippen LogP contribution in [0, 0.1) is 5.92 Å². The van der Waals surface area contributed by atoms with Crippen molar-refractivity contribution in [2.45, 2.75) is 32.4 Å².